The number of aryl methyl sites for hydroxylation is 1. The molecule has 0 bridgehead atoms. The molecule has 2 rings (SSSR count). The maximum atomic E-state index is 10.2. The van der Waals surface area contributed by atoms with Gasteiger partial charge in [0.15, 0.2) is 0 Å². The quantitative estimate of drug-likeness (QED) is 0.556. The van der Waals surface area contributed by atoms with E-state index in [1.807, 2.05) is 25.1 Å². The number of hydrogen-bond acceptors (Lipinski definition) is 5. The Kier molecular flexibility index (Phi) is 7.45. The standard InChI is InChI=1S/C17H23N3O2.ClH/c1-12(8-14-6-4-3-5-7-14)20(18)10-16-15(11-21)9-19-13(2)17(16)22;/h3-7,9,12,21-22H,8,10-11,18H2,1-2H3;1H. The van der Waals surface area contributed by atoms with Gasteiger partial charge >= 0.3 is 0 Å². The molecule has 0 aliphatic heterocycles. The number of hydrogen-bond donors (Lipinski definition) is 3. The minimum Gasteiger partial charge on any atom is -0.506 e. The zero-order chi connectivity index (χ0) is 16.1. The summed E-state index contributed by atoms with van der Waals surface area (Å²) in [5.41, 5.74) is 2.99. The Bertz CT molecular complexity index is 623. The minimum absolute atomic E-state index is 0. The molecule has 1 aromatic heterocycles. The number of nitrogens with two attached hydrogens (primary N) is 1. The lowest BCUT2D eigenvalue weighted by molar-refractivity contribution is 0.197. The highest BCUT2D eigenvalue weighted by Gasteiger charge is 2.17. The summed E-state index contributed by atoms with van der Waals surface area (Å²) in [5, 5.41) is 21.3. The summed E-state index contributed by atoms with van der Waals surface area (Å²) < 4.78 is 0. The summed E-state index contributed by atoms with van der Waals surface area (Å²) >= 11 is 0. The summed E-state index contributed by atoms with van der Waals surface area (Å²) in [6.45, 7) is 3.96. The molecule has 4 N–H and O–H groups in total. The average Bonchev–Trinajstić information content (AvgIpc) is 2.53. The van der Waals surface area contributed by atoms with E-state index in [2.05, 4.69) is 17.1 Å². The second-order valence-electron chi connectivity index (χ2n) is 5.57. The smallest absolute Gasteiger partial charge is 0.141 e. The van der Waals surface area contributed by atoms with Gasteiger partial charge in [0.05, 0.1) is 12.3 Å². The van der Waals surface area contributed by atoms with Crippen LogP contribution in [0.15, 0.2) is 36.5 Å². The zero-order valence-corrected chi connectivity index (χ0v) is 14.3. The number of rotatable bonds is 6. The van der Waals surface area contributed by atoms with E-state index in [1.54, 1.807) is 18.1 Å². The van der Waals surface area contributed by atoms with Crippen molar-refractivity contribution >= 4 is 12.4 Å². The van der Waals surface area contributed by atoms with Crippen molar-refractivity contribution in [3.05, 3.63) is 58.9 Å². The van der Waals surface area contributed by atoms with Crippen LogP contribution in [0.2, 0.25) is 0 Å². The second kappa shape index (κ2) is 8.84. The van der Waals surface area contributed by atoms with Gasteiger partial charge in [-0.05, 0) is 25.8 Å². The predicted octanol–water partition coefficient (Wildman–Crippen LogP) is 2.32. The molecular formula is C17H24ClN3O2. The molecule has 2 aromatic rings. The maximum Gasteiger partial charge on any atom is 0.141 e. The molecule has 1 atom stereocenters. The Balaban J connectivity index is 0.00000264. The number of aliphatic hydroxyl groups is 1. The van der Waals surface area contributed by atoms with Gasteiger partial charge in [-0.2, -0.15) is 0 Å². The van der Waals surface area contributed by atoms with Crippen molar-refractivity contribution in [2.75, 3.05) is 0 Å². The lowest BCUT2D eigenvalue weighted by Gasteiger charge is -2.25. The number of aliphatic hydroxyl groups excluding tert-OH is 1. The van der Waals surface area contributed by atoms with E-state index in [-0.39, 0.29) is 30.8 Å². The molecule has 0 radical (unpaired) electrons. The van der Waals surface area contributed by atoms with Crippen LogP contribution in [-0.4, -0.2) is 26.2 Å². The molecule has 1 heterocycles. The van der Waals surface area contributed by atoms with Gasteiger partial charge in [-0.3, -0.25) is 10.8 Å². The van der Waals surface area contributed by atoms with Gasteiger partial charge in [-0.25, -0.2) is 5.01 Å². The van der Waals surface area contributed by atoms with Gasteiger partial charge in [0.25, 0.3) is 0 Å². The van der Waals surface area contributed by atoms with Gasteiger partial charge in [0, 0.05) is 29.9 Å². The first-order valence-corrected chi connectivity index (χ1v) is 7.35. The Morgan fingerprint density at radius 3 is 2.52 bits per heavy atom. The molecular weight excluding hydrogens is 314 g/mol. The lowest BCUT2D eigenvalue weighted by Crippen LogP contribution is -2.40. The molecule has 0 aliphatic rings. The first kappa shape index (κ1) is 19.4. The third-order valence-corrected chi connectivity index (χ3v) is 3.88. The van der Waals surface area contributed by atoms with Crippen molar-refractivity contribution in [1.29, 1.82) is 0 Å². The molecule has 5 nitrogen and oxygen atoms in total. The van der Waals surface area contributed by atoms with Crippen LogP contribution in [-0.2, 0) is 19.6 Å². The number of halogens is 1. The number of benzene rings is 1. The third kappa shape index (κ3) is 4.91. The van der Waals surface area contributed by atoms with E-state index in [4.69, 9.17) is 5.84 Å². The van der Waals surface area contributed by atoms with Crippen molar-refractivity contribution in [3.63, 3.8) is 0 Å². The molecule has 0 spiro atoms. The molecule has 1 unspecified atom stereocenters. The van der Waals surface area contributed by atoms with Crippen molar-refractivity contribution in [3.8, 4) is 5.75 Å². The molecule has 0 saturated carbocycles. The molecule has 0 amide bonds. The van der Waals surface area contributed by atoms with Crippen molar-refractivity contribution in [2.24, 2.45) is 5.84 Å². The van der Waals surface area contributed by atoms with Crippen LogP contribution < -0.4 is 5.84 Å². The molecule has 126 valence electrons. The first-order chi connectivity index (χ1) is 10.5. The number of aromatic nitrogens is 1. The van der Waals surface area contributed by atoms with Gasteiger partial charge in [-0.15, -0.1) is 12.4 Å². The largest absolute Gasteiger partial charge is 0.506 e. The summed E-state index contributed by atoms with van der Waals surface area (Å²) in [4.78, 5) is 4.06. The van der Waals surface area contributed by atoms with Crippen LogP contribution in [0.4, 0.5) is 0 Å². The highest BCUT2D eigenvalue weighted by molar-refractivity contribution is 5.85. The first-order valence-electron chi connectivity index (χ1n) is 7.35. The van der Waals surface area contributed by atoms with E-state index in [0.29, 0.717) is 23.4 Å². The van der Waals surface area contributed by atoms with E-state index >= 15 is 0 Å². The van der Waals surface area contributed by atoms with Crippen molar-refractivity contribution < 1.29 is 10.2 Å². The maximum absolute atomic E-state index is 10.2. The van der Waals surface area contributed by atoms with Gasteiger partial charge in [0.1, 0.15) is 5.75 Å². The highest BCUT2D eigenvalue weighted by Crippen LogP contribution is 2.25. The van der Waals surface area contributed by atoms with Gasteiger partial charge in [-0.1, -0.05) is 30.3 Å². The Labute approximate surface area is 143 Å². The van der Waals surface area contributed by atoms with Crippen molar-refractivity contribution in [2.45, 2.75) is 39.5 Å². The highest BCUT2D eigenvalue weighted by atomic mass is 35.5. The van der Waals surface area contributed by atoms with Gasteiger partial charge in [0.2, 0.25) is 0 Å². The number of nitrogens with zero attached hydrogens (tertiary/aromatic N) is 2. The molecule has 23 heavy (non-hydrogen) atoms. The second-order valence-corrected chi connectivity index (χ2v) is 5.57. The molecule has 0 saturated heterocycles. The minimum atomic E-state index is -0.170. The fraction of sp³-hybridized carbons (Fsp3) is 0.353. The van der Waals surface area contributed by atoms with Crippen LogP contribution in [0.3, 0.4) is 0 Å². The van der Waals surface area contributed by atoms with E-state index in [9.17, 15) is 10.2 Å². The summed E-state index contributed by atoms with van der Waals surface area (Å²) in [6, 6.07) is 10.2. The zero-order valence-electron chi connectivity index (χ0n) is 13.4. The fourth-order valence-electron chi connectivity index (χ4n) is 2.41. The van der Waals surface area contributed by atoms with Gasteiger partial charge < -0.3 is 10.2 Å². The van der Waals surface area contributed by atoms with E-state index in [1.165, 1.54) is 5.56 Å². The van der Waals surface area contributed by atoms with Crippen LogP contribution in [0, 0.1) is 6.92 Å². The van der Waals surface area contributed by atoms with Crippen molar-refractivity contribution in [1.82, 2.24) is 9.99 Å². The van der Waals surface area contributed by atoms with Crippen LogP contribution in [0.25, 0.3) is 0 Å². The average molecular weight is 338 g/mol. The number of hydrazine groups is 1. The molecule has 0 fully saturated rings. The third-order valence-electron chi connectivity index (χ3n) is 3.88. The topological polar surface area (TPSA) is 82.6 Å². The van der Waals surface area contributed by atoms with Crippen LogP contribution in [0.5, 0.6) is 5.75 Å². The molecule has 1 aromatic carbocycles. The van der Waals surface area contributed by atoms with Crippen LogP contribution >= 0.6 is 12.4 Å². The summed E-state index contributed by atoms with van der Waals surface area (Å²) in [5.74, 6) is 6.27. The summed E-state index contributed by atoms with van der Waals surface area (Å²) in [7, 11) is 0. The predicted molar refractivity (Wildman–Crippen MR) is 93.1 cm³/mol. The van der Waals surface area contributed by atoms with Crippen LogP contribution in [0.1, 0.15) is 29.3 Å². The Morgan fingerprint density at radius 1 is 1.26 bits per heavy atom. The Morgan fingerprint density at radius 2 is 1.91 bits per heavy atom. The monoisotopic (exact) mass is 337 g/mol. The Hall–Kier alpha value is -1.66. The SMILES string of the molecule is Cc1ncc(CO)c(CN(N)C(C)Cc2ccccc2)c1O.Cl. The number of pyridine rings is 1. The summed E-state index contributed by atoms with van der Waals surface area (Å²) in [6.07, 6.45) is 2.40. The van der Waals surface area contributed by atoms with E-state index in [0.717, 1.165) is 6.42 Å². The normalized spacial score (nSPS) is 12.0. The number of aromatic hydroxyl groups is 1. The molecule has 0 aliphatic carbocycles. The lowest BCUT2D eigenvalue weighted by atomic mass is 10.0. The molecule has 6 heteroatoms. The van der Waals surface area contributed by atoms with E-state index < -0.39 is 0 Å². The fourth-order valence-corrected chi connectivity index (χ4v) is 2.41.